The molecule has 0 aliphatic rings. The molecular weight excluding hydrogens is 384 g/mol. The number of benzene rings is 2. The van der Waals surface area contributed by atoms with Crippen LogP contribution in [0, 0.1) is 6.92 Å². The Balaban J connectivity index is 2.15. The van der Waals surface area contributed by atoms with Crippen LogP contribution in [0.15, 0.2) is 46.0 Å². The largest absolute Gasteiger partial charge is 0.490 e. The Labute approximate surface area is 156 Å². The molecule has 0 fully saturated rings. The molecule has 0 bridgehead atoms. The summed E-state index contributed by atoms with van der Waals surface area (Å²) < 4.78 is 12.0. The van der Waals surface area contributed by atoms with Gasteiger partial charge in [-0.1, -0.05) is 18.2 Å². The minimum absolute atomic E-state index is 0.246. The Morgan fingerprint density at radius 1 is 1.20 bits per heavy atom. The number of halogens is 1. The Morgan fingerprint density at radius 2 is 1.92 bits per heavy atom. The van der Waals surface area contributed by atoms with Crippen molar-refractivity contribution in [2.24, 2.45) is 5.10 Å². The summed E-state index contributed by atoms with van der Waals surface area (Å²) in [5.41, 5.74) is 4.82. The van der Waals surface area contributed by atoms with Gasteiger partial charge in [-0.25, -0.2) is 5.43 Å². The molecule has 0 saturated heterocycles. The van der Waals surface area contributed by atoms with E-state index in [4.69, 9.17) is 9.47 Å². The number of carbonyl (C=O) groups is 1. The van der Waals surface area contributed by atoms with Crippen molar-refractivity contribution in [3.8, 4) is 11.5 Å². The number of hydrogen-bond donors (Lipinski definition) is 1. The summed E-state index contributed by atoms with van der Waals surface area (Å²) in [7, 11) is 0. The number of amides is 1. The van der Waals surface area contributed by atoms with E-state index in [1.54, 1.807) is 12.3 Å². The van der Waals surface area contributed by atoms with E-state index in [0.29, 0.717) is 30.3 Å². The summed E-state index contributed by atoms with van der Waals surface area (Å²) in [5, 5.41) is 4.04. The average Bonchev–Trinajstić information content (AvgIpc) is 2.58. The molecule has 0 aromatic heterocycles. The van der Waals surface area contributed by atoms with Crippen molar-refractivity contribution in [1.82, 2.24) is 5.43 Å². The van der Waals surface area contributed by atoms with E-state index in [2.05, 4.69) is 26.5 Å². The fraction of sp³-hybridized carbons (Fsp3) is 0.263. The van der Waals surface area contributed by atoms with Gasteiger partial charge in [0.15, 0.2) is 11.5 Å². The molecule has 5 nitrogen and oxygen atoms in total. The number of aryl methyl sites for hydroxylation is 1. The van der Waals surface area contributed by atoms with Crippen LogP contribution >= 0.6 is 15.9 Å². The van der Waals surface area contributed by atoms with Crippen LogP contribution in [0.25, 0.3) is 0 Å². The first-order valence-electron chi connectivity index (χ1n) is 8.05. The van der Waals surface area contributed by atoms with E-state index in [1.165, 1.54) is 0 Å². The number of nitrogens with one attached hydrogen (secondary N) is 1. The third kappa shape index (κ3) is 5.06. The fourth-order valence-electron chi connectivity index (χ4n) is 2.26. The molecule has 132 valence electrons. The van der Waals surface area contributed by atoms with Gasteiger partial charge in [0.25, 0.3) is 5.91 Å². The summed E-state index contributed by atoms with van der Waals surface area (Å²) in [5.74, 6) is 1.04. The smallest absolute Gasteiger partial charge is 0.271 e. The number of carbonyl (C=O) groups excluding carboxylic acids is 1. The second-order valence-corrected chi connectivity index (χ2v) is 6.06. The lowest BCUT2D eigenvalue weighted by Gasteiger charge is -2.13. The van der Waals surface area contributed by atoms with Crippen molar-refractivity contribution in [2.75, 3.05) is 13.2 Å². The summed E-state index contributed by atoms with van der Waals surface area (Å²) in [4.78, 5) is 12.2. The molecule has 2 rings (SSSR count). The topological polar surface area (TPSA) is 59.9 Å². The number of hydrazone groups is 1. The second-order valence-electron chi connectivity index (χ2n) is 5.21. The lowest BCUT2D eigenvalue weighted by Crippen LogP contribution is -2.18. The average molecular weight is 405 g/mol. The van der Waals surface area contributed by atoms with Crippen LogP contribution < -0.4 is 14.9 Å². The first kappa shape index (κ1) is 19.0. The van der Waals surface area contributed by atoms with Crippen LogP contribution in [0.1, 0.15) is 35.3 Å². The van der Waals surface area contributed by atoms with Crippen LogP contribution in [0.3, 0.4) is 0 Å². The summed E-state index contributed by atoms with van der Waals surface area (Å²) >= 11 is 3.48. The Morgan fingerprint density at radius 3 is 2.60 bits per heavy atom. The molecule has 0 heterocycles. The molecule has 2 aromatic rings. The summed E-state index contributed by atoms with van der Waals surface area (Å²) in [6.45, 7) is 6.78. The molecule has 2 aromatic carbocycles. The summed E-state index contributed by atoms with van der Waals surface area (Å²) in [6.07, 6.45) is 1.57. The monoisotopic (exact) mass is 404 g/mol. The Bertz CT molecular complexity index is 775. The lowest BCUT2D eigenvalue weighted by molar-refractivity contribution is 0.0954. The molecule has 1 amide bonds. The van der Waals surface area contributed by atoms with Gasteiger partial charge in [-0.15, -0.1) is 0 Å². The molecule has 0 unspecified atom stereocenters. The molecule has 0 aliphatic carbocycles. The SMILES string of the molecule is CCOc1cc(/C=N/NC(=O)c2ccccc2C)cc(Br)c1OCC. The van der Waals surface area contributed by atoms with E-state index in [-0.39, 0.29) is 5.91 Å². The van der Waals surface area contributed by atoms with Crippen molar-refractivity contribution in [1.29, 1.82) is 0 Å². The zero-order valence-electron chi connectivity index (χ0n) is 14.5. The molecule has 25 heavy (non-hydrogen) atoms. The molecule has 0 saturated carbocycles. The first-order valence-corrected chi connectivity index (χ1v) is 8.84. The highest BCUT2D eigenvalue weighted by Crippen LogP contribution is 2.36. The van der Waals surface area contributed by atoms with Crippen LogP contribution in [-0.2, 0) is 0 Å². The molecule has 0 atom stereocenters. The quantitative estimate of drug-likeness (QED) is 0.552. The fourth-order valence-corrected chi connectivity index (χ4v) is 2.84. The molecular formula is C19H21BrN2O3. The minimum atomic E-state index is -0.246. The first-order chi connectivity index (χ1) is 12.1. The van der Waals surface area contributed by atoms with Crippen molar-refractivity contribution in [3.63, 3.8) is 0 Å². The van der Waals surface area contributed by atoms with Gasteiger partial charge >= 0.3 is 0 Å². The molecule has 0 radical (unpaired) electrons. The standard InChI is InChI=1S/C19H21BrN2O3/c1-4-24-17-11-14(10-16(20)18(17)25-5-2)12-21-22-19(23)15-9-7-6-8-13(15)3/h6-12H,4-5H2,1-3H3,(H,22,23)/b21-12+. The maximum atomic E-state index is 12.2. The van der Waals surface area contributed by atoms with Crippen LogP contribution in [0.4, 0.5) is 0 Å². The van der Waals surface area contributed by atoms with Gasteiger partial charge in [-0.2, -0.15) is 5.10 Å². The van der Waals surface area contributed by atoms with E-state index in [0.717, 1.165) is 15.6 Å². The number of rotatable bonds is 7. The van der Waals surface area contributed by atoms with Crippen molar-refractivity contribution in [3.05, 3.63) is 57.6 Å². The molecule has 1 N–H and O–H groups in total. The van der Waals surface area contributed by atoms with Gasteiger partial charge in [0.1, 0.15) is 0 Å². The van der Waals surface area contributed by atoms with Crippen molar-refractivity contribution < 1.29 is 14.3 Å². The number of nitrogens with zero attached hydrogens (tertiary/aromatic N) is 1. The van der Waals surface area contributed by atoms with E-state index in [9.17, 15) is 4.79 Å². The zero-order chi connectivity index (χ0) is 18.2. The maximum absolute atomic E-state index is 12.2. The normalized spacial score (nSPS) is 10.7. The summed E-state index contributed by atoms with van der Waals surface area (Å²) in [6, 6.07) is 11.0. The van der Waals surface area contributed by atoms with Gasteiger partial charge in [0.2, 0.25) is 0 Å². The number of ether oxygens (including phenoxy) is 2. The predicted octanol–water partition coefficient (Wildman–Crippen LogP) is 4.32. The van der Waals surface area contributed by atoms with Gasteiger partial charge in [-0.3, -0.25) is 4.79 Å². The predicted molar refractivity (Wildman–Crippen MR) is 103 cm³/mol. The highest BCUT2D eigenvalue weighted by atomic mass is 79.9. The highest BCUT2D eigenvalue weighted by molar-refractivity contribution is 9.10. The second kappa shape index (κ2) is 9.22. The lowest BCUT2D eigenvalue weighted by atomic mass is 10.1. The highest BCUT2D eigenvalue weighted by Gasteiger charge is 2.11. The molecule has 6 heteroatoms. The van der Waals surface area contributed by atoms with Crippen LogP contribution in [-0.4, -0.2) is 25.3 Å². The maximum Gasteiger partial charge on any atom is 0.271 e. The van der Waals surface area contributed by atoms with Crippen LogP contribution in [0.2, 0.25) is 0 Å². The van der Waals surface area contributed by atoms with Gasteiger partial charge in [0.05, 0.1) is 23.9 Å². The Kier molecular flexibility index (Phi) is 7.01. The zero-order valence-corrected chi connectivity index (χ0v) is 16.1. The van der Waals surface area contributed by atoms with Crippen LogP contribution in [0.5, 0.6) is 11.5 Å². The van der Waals surface area contributed by atoms with E-state index < -0.39 is 0 Å². The molecule has 0 spiro atoms. The number of hydrogen-bond acceptors (Lipinski definition) is 4. The molecule has 0 aliphatic heterocycles. The van der Waals surface area contributed by atoms with Gasteiger partial charge in [-0.05, 0) is 66.0 Å². The minimum Gasteiger partial charge on any atom is -0.490 e. The van der Waals surface area contributed by atoms with Crippen molar-refractivity contribution >= 4 is 28.1 Å². The van der Waals surface area contributed by atoms with Gasteiger partial charge < -0.3 is 9.47 Å². The van der Waals surface area contributed by atoms with E-state index in [1.807, 2.05) is 51.1 Å². The van der Waals surface area contributed by atoms with Gasteiger partial charge in [0, 0.05) is 5.56 Å². The van der Waals surface area contributed by atoms with Crippen molar-refractivity contribution in [2.45, 2.75) is 20.8 Å². The third-order valence-corrected chi connectivity index (χ3v) is 3.98. The Hall–Kier alpha value is -2.34. The third-order valence-electron chi connectivity index (χ3n) is 3.39. The van der Waals surface area contributed by atoms with E-state index >= 15 is 0 Å².